The summed E-state index contributed by atoms with van der Waals surface area (Å²) < 4.78 is 74.5. The van der Waals surface area contributed by atoms with Gasteiger partial charge in [-0.25, -0.2) is 0 Å². The van der Waals surface area contributed by atoms with Crippen LogP contribution in [0, 0.1) is 0 Å². The first-order valence-corrected chi connectivity index (χ1v) is 16.0. The van der Waals surface area contributed by atoms with E-state index >= 15 is 0 Å². The van der Waals surface area contributed by atoms with Crippen LogP contribution in [0.3, 0.4) is 0 Å². The Bertz CT molecular complexity index is 1800. The second-order valence-electron chi connectivity index (χ2n) is 9.10. The van der Waals surface area contributed by atoms with E-state index in [2.05, 4.69) is 0 Å². The molecule has 0 saturated carbocycles. The molecule has 0 heterocycles. The molecule has 10 nitrogen and oxygen atoms in total. The Hall–Kier alpha value is -4.55. The molecule has 0 saturated heterocycles. The topological polar surface area (TPSA) is 132 Å². The van der Waals surface area contributed by atoms with E-state index in [1.54, 1.807) is 30.3 Å². The predicted molar refractivity (Wildman–Crippen MR) is 158 cm³/mol. The Labute approximate surface area is 244 Å². The van der Waals surface area contributed by atoms with Gasteiger partial charge in [-0.2, -0.15) is 16.8 Å². The van der Waals surface area contributed by atoms with Crippen molar-refractivity contribution in [1.82, 2.24) is 0 Å². The van der Waals surface area contributed by atoms with Gasteiger partial charge in [0.15, 0.2) is 17.8 Å². The van der Waals surface area contributed by atoms with E-state index in [1.807, 2.05) is 30.3 Å². The maximum absolute atomic E-state index is 12.5. The molecule has 0 atom stereocenters. The summed E-state index contributed by atoms with van der Waals surface area (Å²) in [6.07, 6.45) is 2.48. The van der Waals surface area contributed by atoms with E-state index < -0.39 is 20.2 Å². The molecule has 0 radical (unpaired) electrons. The van der Waals surface area contributed by atoms with Crippen LogP contribution in [0.4, 0.5) is 0 Å². The first-order chi connectivity index (χ1) is 19.9. The number of ether oxygens (including phenoxy) is 3. The van der Waals surface area contributed by atoms with Crippen molar-refractivity contribution >= 4 is 26.5 Å². The molecule has 0 unspecified atom stereocenters. The molecule has 12 heteroatoms. The van der Waals surface area contributed by atoms with Crippen LogP contribution in [0.1, 0.15) is 15.9 Å². The summed E-state index contributed by atoms with van der Waals surface area (Å²) in [5, 5.41) is 0. The van der Waals surface area contributed by atoms with Gasteiger partial charge in [0.1, 0.15) is 23.9 Å². The van der Waals surface area contributed by atoms with E-state index in [0.29, 0.717) is 34.3 Å². The van der Waals surface area contributed by atoms with Crippen molar-refractivity contribution in [2.75, 3.05) is 26.7 Å². The fraction of sp³-hybridized carbons (Fsp3) is 0.167. The zero-order valence-electron chi connectivity index (χ0n) is 23.2. The molecule has 4 aromatic carbocycles. The van der Waals surface area contributed by atoms with Gasteiger partial charge >= 0.3 is 20.2 Å². The average molecular weight is 613 g/mol. The maximum Gasteiger partial charge on any atom is 0.306 e. The molecule has 42 heavy (non-hydrogen) atoms. The molecule has 220 valence electrons. The van der Waals surface area contributed by atoms with Gasteiger partial charge in [0.25, 0.3) is 0 Å². The molecule has 0 spiro atoms. The minimum absolute atomic E-state index is 0.0508. The minimum atomic E-state index is -3.92. The Morgan fingerprint density at radius 2 is 1.33 bits per heavy atom. The SMILES string of the molecule is COc1cc(-c2ccc(OCc3ccccc3)c(OS(C)(=O)=O)c2)c(OC)c(C=O)c1-c1ccc(OS(C)(=O)=O)cc1. The fourth-order valence-electron chi connectivity index (χ4n) is 4.28. The Morgan fingerprint density at radius 1 is 0.690 bits per heavy atom. The number of carbonyl (C=O) groups is 1. The summed E-state index contributed by atoms with van der Waals surface area (Å²) in [6.45, 7) is 0.176. The van der Waals surface area contributed by atoms with Gasteiger partial charge in [0, 0.05) is 11.1 Å². The van der Waals surface area contributed by atoms with Gasteiger partial charge in [0.05, 0.1) is 32.3 Å². The Morgan fingerprint density at radius 3 is 1.90 bits per heavy atom. The number of benzene rings is 4. The predicted octanol–water partition coefficient (Wildman–Crippen LogP) is 5.11. The Balaban J connectivity index is 1.82. The van der Waals surface area contributed by atoms with Crippen LogP contribution in [0.15, 0.2) is 78.9 Å². The molecule has 0 aliphatic rings. The van der Waals surface area contributed by atoms with Gasteiger partial charge in [-0.3, -0.25) is 4.79 Å². The van der Waals surface area contributed by atoms with Crippen molar-refractivity contribution in [3.8, 4) is 51.0 Å². The summed E-state index contributed by atoms with van der Waals surface area (Å²) >= 11 is 0. The average Bonchev–Trinajstić information content (AvgIpc) is 2.94. The van der Waals surface area contributed by atoms with Crippen LogP contribution in [0.5, 0.6) is 28.7 Å². The minimum Gasteiger partial charge on any atom is -0.496 e. The molecule has 0 fully saturated rings. The van der Waals surface area contributed by atoms with Gasteiger partial charge in [-0.15, -0.1) is 0 Å². The summed E-state index contributed by atoms with van der Waals surface area (Å²) in [6, 6.07) is 21.8. The van der Waals surface area contributed by atoms with Crippen LogP contribution in [-0.2, 0) is 26.8 Å². The van der Waals surface area contributed by atoms with Crippen molar-refractivity contribution in [2.45, 2.75) is 6.61 Å². The highest BCUT2D eigenvalue weighted by Gasteiger charge is 2.23. The summed E-state index contributed by atoms with van der Waals surface area (Å²) in [7, 11) is -4.81. The number of hydrogen-bond donors (Lipinski definition) is 0. The highest BCUT2D eigenvalue weighted by molar-refractivity contribution is 7.86. The maximum atomic E-state index is 12.5. The number of aldehydes is 1. The van der Waals surface area contributed by atoms with Crippen molar-refractivity contribution in [2.24, 2.45) is 0 Å². The Kier molecular flexibility index (Phi) is 9.08. The van der Waals surface area contributed by atoms with Crippen LogP contribution in [0.25, 0.3) is 22.3 Å². The van der Waals surface area contributed by atoms with E-state index in [9.17, 15) is 21.6 Å². The molecule has 0 aliphatic heterocycles. The molecule has 0 amide bonds. The second kappa shape index (κ2) is 12.5. The van der Waals surface area contributed by atoms with Crippen LogP contribution in [0.2, 0.25) is 0 Å². The smallest absolute Gasteiger partial charge is 0.306 e. The number of methoxy groups -OCH3 is 2. The van der Waals surface area contributed by atoms with Crippen molar-refractivity contribution < 1.29 is 44.2 Å². The monoisotopic (exact) mass is 612 g/mol. The van der Waals surface area contributed by atoms with Gasteiger partial charge in [0.2, 0.25) is 0 Å². The van der Waals surface area contributed by atoms with Crippen LogP contribution in [-0.4, -0.2) is 49.9 Å². The molecular formula is C30H28O10S2. The van der Waals surface area contributed by atoms with E-state index in [1.165, 1.54) is 32.4 Å². The van der Waals surface area contributed by atoms with Crippen molar-refractivity contribution in [3.63, 3.8) is 0 Å². The third-order valence-corrected chi connectivity index (χ3v) is 6.92. The zero-order chi connectivity index (χ0) is 30.5. The molecular weight excluding hydrogens is 584 g/mol. The molecule has 0 N–H and O–H groups in total. The van der Waals surface area contributed by atoms with E-state index in [4.69, 9.17) is 22.6 Å². The molecule has 0 bridgehead atoms. The zero-order valence-corrected chi connectivity index (χ0v) is 24.8. The molecule has 0 aromatic heterocycles. The van der Waals surface area contributed by atoms with Crippen LogP contribution < -0.4 is 22.6 Å². The molecule has 4 aromatic rings. The largest absolute Gasteiger partial charge is 0.496 e. The summed E-state index contributed by atoms with van der Waals surface area (Å²) in [5.74, 6) is 0.748. The lowest BCUT2D eigenvalue weighted by Crippen LogP contribution is -2.08. The first kappa shape index (κ1) is 30.4. The quantitative estimate of drug-likeness (QED) is 0.157. The van der Waals surface area contributed by atoms with Gasteiger partial charge in [-0.1, -0.05) is 48.5 Å². The van der Waals surface area contributed by atoms with Gasteiger partial charge in [-0.05, 0) is 47.0 Å². The standard InChI is InChI=1S/C30H28O10S2/c1-36-28-17-24(30(37-2)25(18-31)29(28)21-10-13-23(14-11-21)39-41(3,32)33)22-12-15-26(27(16-22)40-42(4,34)35)38-19-20-8-6-5-7-9-20/h5-18H,19H2,1-4H3. The molecule has 4 rings (SSSR count). The third kappa shape index (κ3) is 7.39. The summed E-state index contributed by atoms with van der Waals surface area (Å²) in [4.78, 5) is 12.5. The van der Waals surface area contributed by atoms with Gasteiger partial charge < -0.3 is 22.6 Å². The fourth-order valence-corrected chi connectivity index (χ4v) is 5.19. The van der Waals surface area contributed by atoms with E-state index in [0.717, 1.165) is 18.1 Å². The number of hydrogen-bond acceptors (Lipinski definition) is 10. The number of carbonyl (C=O) groups excluding carboxylic acids is 1. The molecule has 0 aliphatic carbocycles. The normalized spacial score (nSPS) is 11.4. The second-order valence-corrected chi connectivity index (χ2v) is 12.3. The lowest BCUT2D eigenvalue weighted by Gasteiger charge is -2.20. The first-order valence-electron chi connectivity index (χ1n) is 12.4. The van der Waals surface area contributed by atoms with E-state index in [-0.39, 0.29) is 35.2 Å². The lowest BCUT2D eigenvalue weighted by molar-refractivity contribution is 0.112. The lowest BCUT2D eigenvalue weighted by atomic mass is 9.92. The third-order valence-electron chi connectivity index (χ3n) is 5.95. The number of rotatable bonds is 12. The summed E-state index contributed by atoms with van der Waals surface area (Å²) in [5.41, 5.74) is 2.84. The van der Waals surface area contributed by atoms with Crippen molar-refractivity contribution in [1.29, 1.82) is 0 Å². The van der Waals surface area contributed by atoms with Crippen LogP contribution >= 0.6 is 0 Å². The van der Waals surface area contributed by atoms with Crippen molar-refractivity contribution in [3.05, 3.63) is 90.0 Å². The highest BCUT2D eigenvalue weighted by atomic mass is 32.2. The highest BCUT2D eigenvalue weighted by Crippen LogP contribution is 2.46.